The number of ether oxygens (including phenoxy) is 2. The summed E-state index contributed by atoms with van der Waals surface area (Å²) in [4.78, 5) is 0.234. The van der Waals surface area contributed by atoms with Crippen molar-refractivity contribution in [2.24, 2.45) is 0 Å². The van der Waals surface area contributed by atoms with Gasteiger partial charge in [0.2, 0.25) is 10.0 Å². The van der Waals surface area contributed by atoms with Gasteiger partial charge in [0.25, 0.3) is 0 Å². The van der Waals surface area contributed by atoms with Crippen LogP contribution in [0, 0.1) is 0 Å². The molecule has 2 aliphatic rings. The van der Waals surface area contributed by atoms with E-state index in [1.807, 2.05) is 12.1 Å². The maximum absolute atomic E-state index is 13.2. The molecule has 1 atom stereocenters. The minimum atomic E-state index is -3.61. The van der Waals surface area contributed by atoms with Crippen LogP contribution in [0.25, 0.3) is 0 Å². The number of rotatable bonds is 3. The zero-order valence-electron chi connectivity index (χ0n) is 13.5. The van der Waals surface area contributed by atoms with Gasteiger partial charge in [-0.05, 0) is 42.7 Å². The maximum Gasteiger partial charge on any atom is 0.243 e. The molecule has 7 heteroatoms. The number of fused-ring (bicyclic) bond motifs is 1. The normalized spacial score (nSPS) is 20.6. The molecule has 0 N–H and O–H groups in total. The van der Waals surface area contributed by atoms with Crippen LogP contribution in [-0.2, 0) is 10.0 Å². The summed E-state index contributed by atoms with van der Waals surface area (Å²) in [6, 6.07) is 12.0. The summed E-state index contributed by atoms with van der Waals surface area (Å²) in [7, 11) is -3.61. The van der Waals surface area contributed by atoms with E-state index in [2.05, 4.69) is 0 Å². The van der Waals surface area contributed by atoms with Crippen LogP contribution in [0.15, 0.2) is 47.4 Å². The fraction of sp³-hybridized carbons (Fsp3) is 0.333. The van der Waals surface area contributed by atoms with Gasteiger partial charge in [-0.1, -0.05) is 23.7 Å². The second-order valence-corrected chi connectivity index (χ2v) is 8.46. The fourth-order valence-electron chi connectivity index (χ4n) is 3.37. The number of hydrogen-bond donors (Lipinski definition) is 0. The Kier molecular flexibility index (Phi) is 4.35. The monoisotopic (exact) mass is 379 g/mol. The van der Waals surface area contributed by atoms with Crippen LogP contribution in [0.3, 0.4) is 0 Å². The Bertz CT molecular complexity index is 882. The zero-order chi connectivity index (χ0) is 17.4. The quantitative estimate of drug-likeness (QED) is 0.817. The molecule has 0 radical (unpaired) electrons. The Morgan fingerprint density at radius 2 is 1.72 bits per heavy atom. The van der Waals surface area contributed by atoms with Crippen molar-refractivity contribution in [1.82, 2.24) is 4.31 Å². The Hall–Kier alpha value is -1.76. The van der Waals surface area contributed by atoms with Gasteiger partial charge in [-0.25, -0.2) is 8.42 Å². The van der Waals surface area contributed by atoms with Gasteiger partial charge in [0.15, 0.2) is 11.5 Å². The first-order chi connectivity index (χ1) is 12.1. The van der Waals surface area contributed by atoms with E-state index in [4.69, 9.17) is 21.1 Å². The molecule has 1 saturated heterocycles. The molecule has 0 spiro atoms. The van der Waals surface area contributed by atoms with Crippen LogP contribution < -0.4 is 9.47 Å². The molecule has 1 fully saturated rings. The van der Waals surface area contributed by atoms with Crippen LogP contribution in [-0.4, -0.2) is 32.5 Å². The smallest absolute Gasteiger partial charge is 0.243 e. The van der Waals surface area contributed by atoms with E-state index in [0.717, 1.165) is 18.4 Å². The molecule has 4 rings (SSSR count). The van der Waals surface area contributed by atoms with Crippen molar-refractivity contribution in [3.8, 4) is 11.5 Å². The summed E-state index contributed by atoms with van der Waals surface area (Å²) in [5, 5.41) is 0.642. The first-order valence-electron chi connectivity index (χ1n) is 8.23. The minimum absolute atomic E-state index is 0.171. The molecule has 0 saturated carbocycles. The van der Waals surface area contributed by atoms with Crippen molar-refractivity contribution in [2.75, 3.05) is 19.8 Å². The Morgan fingerprint density at radius 3 is 2.48 bits per heavy atom. The average Bonchev–Trinajstić information content (AvgIpc) is 3.12. The first kappa shape index (κ1) is 16.7. The summed E-state index contributed by atoms with van der Waals surface area (Å²) >= 11 is 5.95. The number of hydrogen-bond acceptors (Lipinski definition) is 4. The van der Waals surface area contributed by atoms with Crippen LogP contribution in [0.5, 0.6) is 11.5 Å². The number of sulfonamides is 1. The SMILES string of the molecule is O=S(=O)(c1ccc2c(c1)OCCO2)N1CCC[C@@H]1c1ccc(Cl)cc1. The molecule has 0 aliphatic carbocycles. The standard InChI is InChI=1S/C18H18ClNO4S/c19-14-5-3-13(4-6-14)16-2-1-9-20(16)25(21,22)15-7-8-17-18(12-15)24-11-10-23-17/h3-8,12,16H,1-2,9-11H2/t16-/m1/s1. The van der Waals surface area contributed by atoms with E-state index in [-0.39, 0.29) is 10.9 Å². The predicted octanol–water partition coefficient (Wildman–Crippen LogP) is 3.64. The molecule has 0 unspecified atom stereocenters. The highest BCUT2D eigenvalue weighted by molar-refractivity contribution is 7.89. The Labute approximate surface area is 152 Å². The second kappa shape index (κ2) is 6.52. The second-order valence-electron chi connectivity index (χ2n) is 6.13. The summed E-state index contributed by atoms with van der Waals surface area (Å²) in [5.74, 6) is 1.07. The van der Waals surface area contributed by atoms with Gasteiger partial charge < -0.3 is 9.47 Å². The third kappa shape index (κ3) is 3.10. The van der Waals surface area contributed by atoms with E-state index in [0.29, 0.717) is 36.3 Å². The van der Waals surface area contributed by atoms with Gasteiger partial charge in [0.05, 0.1) is 10.9 Å². The molecule has 0 amide bonds. The summed E-state index contributed by atoms with van der Waals surface area (Å²) < 4.78 is 38.9. The number of benzene rings is 2. The van der Waals surface area contributed by atoms with Crippen LogP contribution in [0.2, 0.25) is 5.02 Å². The van der Waals surface area contributed by atoms with Crippen LogP contribution >= 0.6 is 11.6 Å². The third-order valence-electron chi connectivity index (χ3n) is 4.58. The molecule has 2 aliphatic heterocycles. The summed E-state index contributed by atoms with van der Waals surface area (Å²) in [6.07, 6.45) is 1.63. The summed E-state index contributed by atoms with van der Waals surface area (Å²) in [6.45, 7) is 1.40. The Morgan fingerprint density at radius 1 is 1.00 bits per heavy atom. The first-order valence-corrected chi connectivity index (χ1v) is 10.0. The van der Waals surface area contributed by atoms with Gasteiger partial charge in [-0.15, -0.1) is 0 Å². The summed E-state index contributed by atoms with van der Waals surface area (Å²) in [5.41, 5.74) is 0.961. The molecule has 132 valence electrons. The van der Waals surface area contributed by atoms with E-state index in [1.54, 1.807) is 34.6 Å². The molecule has 2 aromatic rings. The average molecular weight is 380 g/mol. The molecule has 2 heterocycles. The molecule has 0 bridgehead atoms. The number of halogens is 1. The van der Waals surface area contributed by atoms with Crippen molar-refractivity contribution >= 4 is 21.6 Å². The third-order valence-corrected chi connectivity index (χ3v) is 6.73. The van der Waals surface area contributed by atoms with E-state index in [9.17, 15) is 8.42 Å². The van der Waals surface area contributed by atoms with E-state index >= 15 is 0 Å². The molecular formula is C18H18ClNO4S. The number of nitrogens with zero attached hydrogens (tertiary/aromatic N) is 1. The minimum Gasteiger partial charge on any atom is -0.486 e. The molecule has 0 aromatic heterocycles. The lowest BCUT2D eigenvalue weighted by Gasteiger charge is -2.25. The lowest BCUT2D eigenvalue weighted by Crippen LogP contribution is -2.30. The molecule has 25 heavy (non-hydrogen) atoms. The lowest BCUT2D eigenvalue weighted by molar-refractivity contribution is 0.171. The largest absolute Gasteiger partial charge is 0.486 e. The highest BCUT2D eigenvalue weighted by atomic mass is 35.5. The fourth-order valence-corrected chi connectivity index (χ4v) is 5.19. The molecular weight excluding hydrogens is 362 g/mol. The van der Waals surface area contributed by atoms with Gasteiger partial charge in [-0.2, -0.15) is 4.31 Å². The predicted molar refractivity (Wildman–Crippen MR) is 94.8 cm³/mol. The highest BCUT2D eigenvalue weighted by Gasteiger charge is 2.36. The van der Waals surface area contributed by atoms with Crippen molar-refractivity contribution in [3.63, 3.8) is 0 Å². The van der Waals surface area contributed by atoms with E-state index < -0.39 is 10.0 Å². The van der Waals surface area contributed by atoms with Gasteiger partial charge in [0, 0.05) is 17.6 Å². The van der Waals surface area contributed by atoms with Crippen molar-refractivity contribution in [1.29, 1.82) is 0 Å². The van der Waals surface area contributed by atoms with Gasteiger partial charge in [0.1, 0.15) is 13.2 Å². The lowest BCUT2D eigenvalue weighted by atomic mass is 10.1. The highest BCUT2D eigenvalue weighted by Crippen LogP contribution is 2.39. The van der Waals surface area contributed by atoms with Crippen molar-refractivity contribution in [3.05, 3.63) is 53.1 Å². The van der Waals surface area contributed by atoms with Gasteiger partial charge in [-0.3, -0.25) is 0 Å². The zero-order valence-corrected chi connectivity index (χ0v) is 15.1. The van der Waals surface area contributed by atoms with Crippen molar-refractivity contribution < 1.29 is 17.9 Å². The van der Waals surface area contributed by atoms with Gasteiger partial charge >= 0.3 is 0 Å². The van der Waals surface area contributed by atoms with Crippen molar-refractivity contribution in [2.45, 2.75) is 23.8 Å². The Balaban J connectivity index is 1.68. The maximum atomic E-state index is 13.2. The topological polar surface area (TPSA) is 55.8 Å². The van der Waals surface area contributed by atoms with E-state index in [1.165, 1.54) is 0 Å². The molecule has 2 aromatic carbocycles. The van der Waals surface area contributed by atoms with Crippen LogP contribution in [0.1, 0.15) is 24.4 Å². The molecule has 5 nitrogen and oxygen atoms in total. The van der Waals surface area contributed by atoms with Crippen LogP contribution in [0.4, 0.5) is 0 Å².